The zero-order chi connectivity index (χ0) is 11.4. The van der Waals surface area contributed by atoms with E-state index in [0.29, 0.717) is 0 Å². The fraction of sp³-hybridized carbons (Fsp3) is 0.364. The molecule has 1 aromatic rings. The van der Waals surface area contributed by atoms with Crippen LogP contribution in [0.25, 0.3) is 0 Å². The summed E-state index contributed by atoms with van der Waals surface area (Å²) in [6.45, 7) is 5.68. The van der Waals surface area contributed by atoms with E-state index >= 15 is 0 Å². The summed E-state index contributed by atoms with van der Waals surface area (Å²) in [4.78, 5) is 11.3. The van der Waals surface area contributed by atoms with E-state index in [1.54, 1.807) is 0 Å². The van der Waals surface area contributed by atoms with Crippen molar-refractivity contribution in [2.75, 3.05) is 5.43 Å². The first-order valence-electron chi connectivity index (χ1n) is 4.83. The number of hydrazine groups is 1. The first kappa shape index (κ1) is 12.0. The third kappa shape index (κ3) is 3.23. The third-order valence-electron chi connectivity index (χ3n) is 2.11. The highest BCUT2D eigenvalue weighted by atomic mass is 79.9. The van der Waals surface area contributed by atoms with Crippen molar-refractivity contribution in [3.05, 3.63) is 28.2 Å². The highest BCUT2D eigenvalue weighted by Crippen LogP contribution is 2.22. The molecule has 0 heterocycles. The van der Waals surface area contributed by atoms with Crippen molar-refractivity contribution in [3.63, 3.8) is 0 Å². The number of amides is 1. The number of benzene rings is 1. The van der Waals surface area contributed by atoms with E-state index in [9.17, 15) is 4.79 Å². The number of hydrogen-bond donors (Lipinski definition) is 2. The van der Waals surface area contributed by atoms with Gasteiger partial charge < -0.3 is 0 Å². The molecule has 0 aromatic heterocycles. The summed E-state index contributed by atoms with van der Waals surface area (Å²) < 4.78 is 1.02. The zero-order valence-electron chi connectivity index (χ0n) is 9.10. The second kappa shape index (κ2) is 5.16. The molecule has 0 aliphatic carbocycles. The minimum Gasteiger partial charge on any atom is -0.298 e. The van der Waals surface area contributed by atoms with Gasteiger partial charge in [-0.25, -0.2) is 0 Å². The predicted molar refractivity (Wildman–Crippen MR) is 65.5 cm³/mol. The summed E-state index contributed by atoms with van der Waals surface area (Å²) in [5.74, 6) is -0.0423. The molecule has 1 rings (SSSR count). The average Bonchev–Trinajstić information content (AvgIpc) is 2.19. The van der Waals surface area contributed by atoms with Gasteiger partial charge in [0.15, 0.2) is 0 Å². The number of rotatable bonds is 3. The molecule has 0 saturated heterocycles. The SMILES string of the molecule is Cc1c(Br)cccc1NNC(=O)C(C)C. The van der Waals surface area contributed by atoms with Crippen LogP contribution < -0.4 is 10.9 Å². The third-order valence-corrected chi connectivity index (χ3v) is 2.97. The first-order chi connectivity index (χ1) is 7.02. The summed E-state index contributed by atoms with van der Waals surface area (Å²) in [6.07, 6.45) is 0. The van der Waals surface area contributed by atoms with Gasteiger partial charge >= 0.3 is 0 Å². The van der Waals surface area contributed by atoms with Crippen LogP contribution in [0.4, 0.5) is 5.69 Å². The van der Waals surface area contributed by atoms with Crippen LogP contribution in [-0.4, -0.2) is 5.91 Å². The number of carbonyl (C=O) groups is 1. The van der Waals surface area contributed by atoms with Crippen LogP contribution in [0.2, 0.25) is 0 Å². The van der Waals surface area contributed by atoms with Crippen LogP contribution >= 0.6 is 15.9 Å². The average molecular weight is 271 g/mol. The zero-order valence-corrected chi connectivity index (χ0v) is 10.7. The number of nitrogens with one attached hydrogen (secondary N) is 2. The Bertz CT molecular complexity index is 364. The normalized spacial score (nSPS) is 10.2. The molecule has 0 atom stereocenters. The highest BCUT2D eigenvalue weighted by molar-refractivity contribution is 9.10. The van der Waals surface area contributed by atoms with Gasteiger partial charge in [-0.2, -0.15) is 0 Å². The van der Waals surface area contributed by atoms with E-state index in [-0.39, 0.29) is 11.8 Å². The summed E-state index contributed by atoms with van der Waals surface area (Å²) in [5.41, 5.74) is 7.53. The quantitative estimate of drug-likeness (QED) is 0.830. The van der Waals surface area contributed by atoms with Crippen LogP contribution in [0, 0.1) is 12.8 Å². The van der Waals surface area contributed by atoms with Gasteiger partial charge in [-0.3, -0.25) is 15.6 Å². The second-order valence-corrected chi connectivity index (χ2v) is 4.54. The topological polar surface area (TPSA) is 41.1 Å². The molecule has 0 bridgehead atoms. The summed E-state index contributed by atoms with van der Waals surface area (Å²) in [5, 5.41) is 0. The lowest BCUT2D eigenvalue weighted by Gasteiger charge is -2.13. The van der Waals surface area contributed by atoms with Gasteiger partial charge in [0, 0.05) is 10.4 Å². The lowest BCUT2D eigenvalue weighted by Crippen LogP contribution is -2.33. The number of anilines is 1. The minimum atomic E-state index is -0.0232. The Morgan fingerprint density at radius 1 is 1.40 bits per heavy atom. The minimum absolute atomic E-state index is 0.0191. The second-order valence-electron chi connectivity index (χ2n) is 3.68. The van der Waals surface area contributed by atoms with E-state index in [1.165, 1.54) is 0 Å². The van der Waals surface area contributed by atoms with Crippen molar-refractivity contribution < 1.29 is 4.79 Å². The maximum Gasteiger partial charge on any atom is 0.240 e. The summed E-state index contributed by atoms with van der Waals surface area (Å²) in [6, 6.07) is 5.80. The van der Waals surface area contributed by atoms with Crippen LogP contribution in [0.15, 0.2) is 22.7 Å². The molecule has 0 spiro atoms. The standard InChI is InChI=1S/C11H15BrN2O/c1-7(2)11(15)14-13-10-6-4-5-9(12)8(10)3/h4-7,13H,1-3H3,(H,14,15). The molecule has 0 fully saturated rings. The van der Waals surface area contributed by atoms with E-state index in [2.05, 4.69) is 26.8 Å². The van der Waals surface area contributed by atoms with E-state index < -0.39 is 0 Å². The van der Waals surface area contributed by atoms with Crippen LogP contribution in [-0.2, 0) is 4.79 Å². The fourth-order valence-electron chi connectivity index (χ4n) is 1.02. The van der Waals surface area contributed by atoms with E-state index in [0.717, 1.165) is 15.7 Å². The molecule has 82 valence electrons. The Morgan fingerprint density at radius 3 is 2.67 bits per heavy atom. The van der Waals surface area contributed by atoms with Crippen molar-refractivity contribution in [2.24, 2.45) is 5.92 Å². The lowest BCUT2D eigenvalue weighted by molar-refractivity contribution is -0.123. The highest BCUT2D eigenvalue weighted by Gasteiger charge is 2.06. The summed E-state index contributed by atoms with van der Waals surface area (Å²) in [7, 11) is 0. The molecule has 2 N–H and O–H groups in total. The number of halogens is 1. The summed E-state index contributed by atoms with van der Waals surface area (Å²) >= 11 is 3.43. The van der Waals surface area contributed by atoms with Gasteiger partial charge in [-0.15, -0.1) is 0 Å². The monoisotopic (exact) mass is 270 g/mol. The van der Waals surface area contributed by atoms with E-state index in [4.69, 9.17) is 0 Å². The Hall–Kier alpha value is -1.03. The molecule has 0 aliphatic rings. The van der Waals surface area contributed by atoms with Crippen LogP contribution in [0.1, 0.15) is 19.4 Å². The van der Waals surface area contributed by atoms with Crippen molar-refractivity contribution in [1.82, 2.24) is 5.43 Å². The number of carbonyl (C=O) groups excluding carboxylic acids is 1. The maximum atomic E-state index is 11.3. The molecule has 1 amide bonds. The van der Waals surface area contributed by atoms with E-state index in [1.807, 2.05) is 39.0 Å². The fourth-order valence-corrected chi connectivity index (χ4v) is 1.38. The number of hydrogen-bond acceptors (Lipinski definition) is 2. The van der Waals surface area contributed by atoms with Gasteiger partial charge in [-0.1, -0.05) is 35.8 Å². The lowest BCUT2D eigenvalue weighted by atomic mass is 10.2. The molecule has 4 heteroatoms. The van der Waals surface area contributed by atoms with Crippen molar-refractivity contribution >= 4 is 27.5 Å². The molecule has 0 radical (unpaired) electrons. The Morgan fingerprint density at radius 2 is 2.07 bits per heavy atom. The van der Waals surface area contributed by atoms with Gasteiger partial charge in [0.25, 0.3) is 0 Å². The molecular formula is C11H15BrN2O. The molecule has 0 aliphatic heterocycles. The van der Waals surface area contributed by atoms with Crippen molar-refractivity contribution in [1.29, 1.82) is 0 Å². The largest absolute Gasteiger partial charge is 0.298 e. The van der Waals surface area contributed by atoms with Gasteiger partial charge in [0.1, 0.15) is 0 Å². The molecule has 3 nitrogen and oxygen atoms in total. The van der Waals surface area contributed by atoms with Gasteiger partial charge in [0.05, 0.1) is 5.69 Å². The van der Waals surface area contributed by atoms with Gasteiger partial charge in [-0.05, 0) is 24.6 Å². The smallest absolute Gasteiger partial charge is 0.240 e. The van der Waals surface area contributed by atoms with Crippen LogP contribution in [0.3, 0.4) is 0 Å². The van der Waals surface area contributed by atoms with Gasteiger partial charge in [0.2, 0.25) is 5.91 Å². The molecule has 15 heavy (non-hydrogen) atoms. The predicted octanol–water partition coefficient (Wildman–Crippen LogP) is 2.86. The van der Waals surface area contributed by atoms with Crippen molar-refractivity contribution in [3.8, 4) is 0 Å². The molecular weight excluding hydrogens is 256 g/mol. The van der Waals surface area contributed by atoms with Crippen molar-refractivity contribution in [2.45, 2.75) is 20.8 Å². The Balaban J connectivity index is 2.66. The molecule has 0 unspecified atom stereocenters. The molecule has 1 aromatic carbocycles. The Labute approximate surface area is 98.4 Å². The van der Waals surface area contributed by atoms with Crippen LogP contribution in [0.5, 0.6) is 0 Å². The maximum absolute atomic E-state index is 11.3. The first-order valence-corrected chi connectivity index (χ1v) is 5.62. The molecule has 0 saturated carbocycles. The Kier molecular flexibility index (Phi) is 4.15.